The van der Waals surface area contributed by atoms with Crippen LogP contribution in [0.1, 0.15) is 13.8 Å². The number of hydrogen-bond donors (Lipinski definition) is 0. The van der Waals surface area contributed by atoms with Gasteiger partial charge < -0.3 is 14.4 Å². The van der Waals surface area contributed by atoms with Crippen LogP contribution < -0.4 is 4.90 Å². The molecule has 0 radical (unpaired) electrons. The van der Waals surface area contributed by atoms with Gasteiger partial charge in [-0.25, -0.2) is 14.0 Å². The van der Waals surface area contributed by atoms with Crippen molar-refractivity contribution in [2.45, 2.75) is 13.8 Å². The van der Waals surface area contributed by atoms with Gasteiger partial charge in [-0.2, -0.15) is 0 Å². The molecule has 8 heteroatoms. The number of rotatable bonds is 5. The second kappa shape index (κ2) is 8.53. The van der Waals surface area contributed by atoms with Crippen LogP contribution in [0.25, 0.3) is 0 Å². The van der Waals surface area contributed by atoms with E-state index in [9.17, 15) is 14.0 Å². The van der Waals surface area contributed by atoms with Gasteiger partial charge in [-0.1, -0.05) is 0 Å². The highest BCUT2D eigenvalue weighted by Crippen LogP contribution is 2.37. The summed E-state index contributed by atoms with van der Waals surface area (Å²) in [5.74, 6) is -1.13. The normalized spacial score (nSPS) is 13.8. The predicted octanol–water partition coefficient (Wildman–Crippen LogP) is 3.48. The lowest BCUT2D eigenvalue weighted by Crippen LogP contribution is -2.26. The molecule has 0 aromatic heterocycles. The molecule has 1 fully saturated rings. The summed E-state index contributed by atoms with van der Waals surface area (Å²) in [5.41, 5.74) is 0.552. The molecular formula is C16H17BrFNO4S. The van der Waals surface area contributed by atoms with E-state index in [1.54, 1.807) is 30.9 Å². The number of carbonyl (C=O) groups is 2. The minimum Gasteiger partial charge on any atom is -0.462 e. The van der Waals surface area contributed by atoms with Gasteiger partial charge >= 0.3 is 11.9 Å². The fourth-order valence-electron chi connectivity index (χ4n) is 2.18. The molecular weight excluding hydrogens is 401 g/mol. The number of nitrogens with zero attached hydrogens (tertiary/aromatic N) is 1. The Bertz CT molecular complexity index is 660. The molecule has 0 unspecified atom stereocenters. The van der Waals surface area contributed by atoms with Crippen LogP contribution >= 0.6 is 27.7 Å². The lowest BCUT2D eigenvalue weighted by Gasteiger charge is -2.21. The van der Waals surface area contributed by atoms with Gasteiger partial charge in [0.25, 0.3) is 0 Å². The number of carbonyl (C=O) groups excluding carboxylic acids is 2. The fourth-order valence-corrected chi connectivity index (χ4v) is 3.68. The maximum atomic E-state index is 13.5. The van der Waals surface area contributed by atoms with Gasteiger partial charge in [-0.15, -0.1) is 11.8 Å². The van der Waals surface area contributed by atoms with Gasteiger partial charge in [0.05, 0.1) is 22.7 Å². The van der Waals surface area contributed by atoms with Crippen LogP contribution in [0.4, 0.5) is 10.1 Å². The summed E-state index contributed by atoms with van der Waals surface area (Å²) >= 11 is 4.52. The largest absolute Gasteiger partial charge is 0.462 e. The van der Waals surface area contributed by atoms with Crippen LogP contribution in [0.15, 0.2) is 33.3 Å². The number of halogens is 2. The van der Waals surface area contributed by atoms with Gasteiger partial charge in [0.2, 0.25) is 0 Å². The average molecular weight is 418 g/mol. The molecule has 0 N–H and O–H groups in total. The third-order valence-electron chi connectivity index (χ3n) is 3.19. The first-order valence-corrected chi connectivity index (χ1v) is 9.21. The first-order valence-electron chi connectivity index (χ1n) is 7.43. The van der Waals surface area contributed by atoms with Crippen molar-refractivity contribution >= 4 is 45.3 Å². The SMILES string of the molecule is CCOC(=O)C(C(=O)OCC)=C1SCCN1c1ccc(F)c(Br)c1. The summed E-state index contributed by atoms with van der Waals surface area (Å²) in [4.78, 5) is 26.3. The lowest BCUT2D eigenvalue weighted by molar-refractivity contribution is -0.146. The zero-order valence-electron chi connectivity index (χ0n) is 13.3. The van der Waals surface area contributed by atoms with Gasteiger partial charge in [0, 0.05) is 18.0 Å². The van der Waals surface area contributed by atoms with Crippen molar-refractivity contribution in [2.75, 3.05) is 30.4 Å². The second-order valence-corrected chi connectivity index (χ2v) is 6.66. The van der Waals surface area contributed by atoms with Crippen LogP contribution in [-0.4, -0.2) is 37.4 Å². The molecule has 1 aliphatic rings. The number of ether oxygens (including phenoxy) is 2. The number of anilines is 1. The second-order valence-electron chi connectivity index (χ2n) is 4.72. The Hall–Kier alpha value is -1.54. The summed E-state index contributed by atoms with van der Waals surface area (Å²) in [5, 5.41) is 0.463. The highest BCUT2D eigenvalue weighted by atomic mass is 79.9. The molecule has 0 spiro atoms. The van der Waals surface area contributed by atoms with Crippen molar-refractivity contribution in [3.8, 4) is 0 Å². The summed E-state index contributed by atoms with van der Waals surface area (Å²) in [6, 6.07) is 4.53. The zero-order chi connectivity index (χ0) is 17.7. The van der Waals surface area contributed by atoms with Gasteiger partial charge in [0.15, 0.2) is 5.57 Å². The first kappa shape index (κ1) is 18.8. The summed E-state index contributed by atoms with van der Waals surface area (Å²) < 4.78 is 23.8. The number of hydrogen-bond acceptors (Lipinski definition) is 6. The van der Waals surface area contributed by atoms with Crippen LogP contribution in [-0.2, 0) is 19.1 Å². The quantitative estimate of drug-likeness (QED) is 0.316. The van der Waals surface area contributed by atoms with Crippen LogP contribution in [0.3, 0.4) is 0 Å². The molecule has 0 saturated carbocycles. The Kier molecular flexibility index (Phi) is 6.68. The first-order chi connectivity index (χ1) is 11.5. The molecule has 5 nitrogen and oxygen atoms in total. The Labute approximate surface area is 152 Å². The van der Waals surface area contributed by atoms with Crippen LogP contribution in [0.2, 0.25) is 0 Å². The molecule has 1 aromatic carbocycles. The predicted molar refractivity (Wildman–Crippen MR) is 94.2 cm³/mol. The van der Waals surface area contributed by atoms with Crippen LogP contribution in [0, 0.1) is 5.82 Å². The summed E-state index contributed by atoms with van der Waals surface area (Å²) in [7, 11) is 0. The molecule has 0 bridgehead atoms. The van der Waals surface area contributed by atoms with Crippen molar-refractivity contribution in [3.05, 3.63) is 39.1 Å². The van der Waals surface area contributed by atoms with Crippen molar-refractivity contribution in [1.29, 1.82) is 0 Å². The van der Waals surface area contributed by atoms with Gasteiger partial charge in [-0.3, -0.25) is 0 Å². The monoisotopic (exact) mass is 417 g/mol. The molecule has 1 heterocycles. The minimum atomic E-state index is -0.716. The standard InChI is InChI=1S/C16H17BrFNO4S/c1-3-22-15(20)13(16(21)23-4-2)14-19(7-8-24-14)10-5-6-12(18)11(17)9-10/h5-6,9H,3-4,7-8H2,1-2H3. The van der Waals surface area contributed by atoms with E-state index in [2.05, 4.69) is 15.9 Å². The lowest BCUT2D eigenvalue weighted by atomic mass is 10.2. The molecule has 1 saturated heterocycles. The molecule has 24 heavy (non-hydrogen) atoms. The Morgan fingerprint density at radius 2 is 1.88 bits per heavy atom. The van der Waals surface area contributed by atoms with E-state index in [-0.39, 0.29) is 24.6 Å². The van der Waals surface area contributed by atoms with Crippen LogP contribution in [0.5, 0.6) is 0 Å². The minimum absolute atomic E-state index is 0.123. The summed E-state index contributed by atoms with van der Waals surface area (Å²) in [6.07, 6.45) is 0. The average Bonchev–Trinajstić information content (AvgIpc) is 3.00. The number of esters is 2. The van der Waals surface area contributed by atoms with E-state index < -0.39 is 11.9 Å². The molecule has 0 atom stereocenters. The Balaban J connectivity index is 2.47. The van der Waals surface area contributed by atoms with Gasteiger partial charge in [0.1, 0.15) is 5.82 Å². The van der Waals surface area contributed by atoms with E-state index in [0.717, 1.165) is 0 Å². The fraction of sp³-hybridized carbons (Fsp3) is 0.375. The van der Waals surface area contributed by atoms with E-state index in [1.807, 2.05) is 0 Å². The third kappa shape index (κ3) is 4.10. The van der Waals surface area contributed by atoms with E-state index in [4.69, 9.17) is 9.47 Å². The van der Waals surface area contributed by atoms with E-state index in [1.165, 1.54) is 17.8 Å². The topological polar surface area (TPSA) is 55.8 Å². The molecule has 1 aromatic rings. The number of benzene rings is 1. The van der Waals surface area contributed by atoms with Gasteiger partial charge in [-0.05, 0) is 48.0 Å². The smallest absolute Gasteiger partial charge is 0.348 e. The molecule has 0 amide bonds. The molecule has 2 rings (SSSR count). The maximum Gasteiger partial charge on any atom is 0.348 e. The third-order valence-corrected chi connectivity index (χ3v) is 4.88. The highest BCUT2D eigenvalue weighted by molar-refractivity contribution is 9.10. The molecule has 130 valence electrons. The number of thioether (sulfide) groups is 1. The summed E-state index contributed by atoms with van der Waals surface area (Å²) in [6.45, 7) is 4.23. The van der Waals surface area contributed by atoms with E-state index in [0.29, 0.717) is 27.5 Å². The molecule has 0 aliphatic carbocycles. The van der Waals surface area contributed by atoms with Crippen molar-refractivity contribution in [2.24, 2.45) is 0 Å². The Morgan fingerprint density at radius 3 is 2.42 bits per heavy atom. The zero-order valence-corrected chi connectivity index (χ0v) is 15.7. The van der Waals surface area contributed by atoms with Crippen molar-refractivity contribution in [3.63, 3.8) is 0 Å². The molecule has 1 aliphatic heterocycles. The van der Waals surface area contributed by atoms with Crippen molar-refractivity contribution in [1.82, 2.24) is 0 Å². The van der Waals surface area contributed by atoms with Crippen molar-refractivity contribution < 1.29 is 23.5 Å². The maximum absolute atomic E-state index is 13.5. The highest BCUT2D eigenvalue weighted by Gasteiger charge is 2.33. The Morgan fingerprint density at radius 1 is 1.25 bits per heavy atom. The van der Waals surface area contributed by atoms with E-state index >= 15 is 0 Å².